The summed E-state index contributed by atoms with van der Waals surface area (Å²) in [6, 6.07) is 67.5. The molecular formula is C45H34N2. The van der Waals surface area contributed by atoms with Gasteiger partial charge >= 0.3 is 0 Å². The van der Waals surface area contributed by atoms with E-state index < -0.39 is 0 Å². The lowest BCUT2D eigenvalue weighted by Gasteiger charge is -2.27. The summed E-state index contributed by atoms with van der Waals surface area (Å²) in [6.45, 7) is 0. The fourth-order valence-electron chi connectivity index (χ4n) is 6.47. The zero-order valence-electron chi connectivity index (χ0n) is 26.3. The van der Waals surface area contributed by atoms with Crippen LogP contribution in [0.2, 0.25) is 0 Å². The summed E-state index contributed by atoms with van der Waals surface area (Å²) in [5.41, 5.74) is 10.4. The topological polar surface area (TPSA) is 6.48 Å². The molecule has 0 unspecified atom stereocenters. The molecule has 2 nitrogen and oxygen atoms in total. The van der Waals surface area contributed by atoms with Crippen molar-refractivity contribution >= 4 is 50.0 Å². The molecule has 0 heterocycles. The first-order valence-corrected chi connectivity index (χ1v) is 16.1. The Morgan fingerprint density at radius 1 is 0.277 bits per heavy atom. The Hall–Kier alpha value is -6.12. The van der Waals surface area contributed by atoms with Crippen LogP contribution in [0.3, 0.4) is 0 Å². The van der Waals surface area contributed by atoms with Gasteiger partial charge in [0.25, 0.3) is 0 Å². The number of hydrogen-bond donors (Lipinski definition) is 0. The number of nitrogens with zero attached hydrogens (tertiary/aromatic N) is 2. The SMILES string of the molecule is CN(c1ccc(N(c2cccc(-c3ccccc3)c2)c2cccc(-c3ccccc3)c2)cc1)c1ccc2cc3ccccc3cc2c1. The van der Waals surface area contributed by atoms with Crippen LogP contribution in [0.5, 0.6) is 0 Å². The average molecular weight is 603 g/mol. The molecule has 0 fully saturated rings. The van der Waals surface area contributed by atoms with Crippen molar-refractivity contribution < 1.29 is 0 Å². The molecule has 0 bridgehead atoms. The van der Waals surface area contributed by atoms with Gasteiger partial charge in [0.1, 0.15) is 0 Å². The van der Waals surface area contributed by atoms with E-state index >= 15 is 0 Å². The van der Waals surface area contributed by atoms with Crippen LogP contribution in [0.15, 0.2) is 188 Å². The van der Waals surface area contributed by atoms with Crippen LogP contribution in [0, 0.1) is 0 Å². The maximum atomic E-state index is 2.35. The third-order valence-electron chi connectivity index (χ3n) is 8.99. The quantitative estimate of drug-likeness (QED) is 0.167. The van der Waals surface area contributed by atoms with Crippen LogP contribution in [-0.4, -0.2) is 7.05 Å². The Bertz CT molecular complexity index is 2230. The zero-order valence-corrected chi connectivity index (χ0v) is 26.3. The van der Waals surface area contributed by atoms with E-state index in [4.69, 9.17) is 0 Å². The maximum absolute atomic E-state index is 2.35. The lowest BCUT2D eigenvalue weighted by molar-refractivity contribution is 1.21. The summed E-state index contributed by atoms with van der Waals surface area (Å²) < 4.78 is 0. The monoisotopic (exact) mass is 602 g/mol. The molecule has 0 aliphatic carbocycles. The summed E-state index contributed by atoms with van der Waals surface area (Å²) in [5, 5.41) is 5.02. The van der Waals surface area contributed by atoms with Gasteiger partial charge in [-0.15, -0.1) is 0 Å². The Morgan fingerprint density at radius 3 is 1.30 bits per heavy atom. The second-order valence-electron chi connectivity index (χ2n) is 12.0. The molecule has 47 heavy (non-hydrogen) atoms. The second-order valence-corrected chi connectivity index (χ2v) is 12.0. The van der Waals surface area contributed by atoms with Gasteiger partial charge in [0.15, 0.2) is 0 Å². The molecule has 224 valence electrons. The summed E-state index contributed by atoms with van der Waals surface area (Å²) in [6.07, 6.45) is 0. The lowest BCUT2D eigenvalue weighted by atomic mass is 10.0. The minimum Gasteiger partial charge on any atom is -0.345 e. The fraction of sp³-hybridized carbons (Fsp3) is 0.0222. The summed E-state index contributed by atoms with van der Waals surface area (Å²) >= 11 is 0. The van der Waals surface area contributed by atoms with Crippen molar-refractivity contribution in [3.8, 4) is 22.3 Å². The smallest absolute Gasteiger partial charge is 0.0467 e. The first-order chi connectivity index (χ1) is 23.2. The third-order valence-corrected chi connectivity index (χ3v) is 8.99. The Labute approximate surface area is 276 Å². The van der Waals surface area contributed by atoms with Crippen molar-refractivity contribution in [2.75, 3.05) is 16.8 Å². The highest BCUT2D eigenvalue weighted by molar-refractivity contribution is 5.99. The third kappa shape index (κ3) is 5.74. The predicted molar refractivity (Wildman–Crippen MR) is 202 cm³/mol. The molecule has 0 N–H and O–H groups in total. The van der Waals surface area contributed by atoms with Crippen LogP contribution in [0.1, 0.15) is 0 Å². The van der Waals surface area contributed by atoms with Gasteiger partial charge in [-0.05, 0) is 117 Å². The van der Waals surface area contributed by atoms with Crippen LogP contribution >= 0.6 is 0 Å². The molecule has 0 saturated heterocycles. The molecule has 0 saturated carbocycles. The summed E-state index contributed by atoms with van der Waals surface area (Å²) in [5.74, 6) is 0. The van der Waals surface area contributed by atoms with Gasteiger partial charge in [-0.25, -0.2) is 0 Å². The minimum absolute atomic E-state index is 1.10. The van der Waals surface area contributed by atoms with E-state index in [-0.39, 0.29) is 0 Å². The number of hydrogen-bond acceptors (Lipinski definition) is 2. The van der Waals surface area contributed by atoms with E-state index in [1.807, 2.05) is 0 Å². The zero-order chi connectivity index (χ0) is 31.6. The van der Waals surface area contributed by atoms with Crippen molar-refractivity contribution in [1.82, 2.24) is 0 Å². The van der Waals surface area contributed by atoms with Gasteiger partial charge in [0.2, 0.25) is 0 Å². The summed E-state index contributed by atoms with van der Waals surface area (Å²) in [7, 11) is 2.14. The van der Waals surface area contributed by atoms with Crippen molar-refractivity contribution in [2.45, 2.75) is 0 Å². The normalized spacial score (nSPS) is 11.1. The number of anilines is 5. The van der Waals surface area contributed by atoms with Gasteiger partial charge in [-0.3, -0.25) is 0 Å². The van der Waals surface area contributed by atoms with Crippen LogP contribution in [0.25, 0.3) is 43.8 Å². The predicted octanol–water partition coefficient (Wildman–Crippen LogP) is 12.6. The highest BCUT2D eigenvalue weighted by Crippen LogP contribution is 2.39. The second kappa shape index (κ2) is 12.3. The first-order valence-electron chi connectivity index (χ1n) is 16.1. The molecule has 8 rings (SSSR count). The molecule has 0 aromatic heterocycles. The van der Waals surface area contributed by atoms with Gasteiger partial charge < -0.3 is 9.80 Å². The van der Waals surface area contributed by atoms with E-state index in [9.17, 15) is 0 Å². The van der Waals surface area contributed by atoms with Crippen molar-refractivity contribution in [1.29, 1.82) is 0 Å². The molecule has 8 aromatic rings. The summed E-state index contributed by atoms with van der Waals surface area (Å²) in [4.78, 5) is 4.61. The van der Waals surface area contributed by atoms with Gasteiger partial charge in [-0.1, -0.05) is 115 Å². The van der Waals surface area contributed by atoms with Crippen LogP contribution < -0.4 is 9.80 Å². The van der Waals surface area contributed by atoms with E-state index in [0.717, 1.165) is 28.4 Å². The minimum atomic E-state index is 1.10. The van der Waals surface area contributed by atoms with Crippen molar-refractivity contribution in [2.24, 2.45) is 0 Å². The van der Waals surface area contributed by atoms with Crippen LogP contribution in [-0.2, 0) is 0 Å². The van der Waals surface area contributed by atoms with Crippen molar-refractivity contribution in [3.05, 3.63) is 188 Å². The van der Waals surface area contributed by atoms with E-state index in [2.05, 4.69) is 205 Å². The highest BCUT2D eigenvalue weighted by Gasteiger charge is 2.15. The molecular weight excluding hydrogens is 569 g/mol. The number of benzene rings is 8. The number of fused-ring (bicyclic) bond motifs is 2. The number of rotatable bonds is 7. The average Bonchev–Trinajstić information content (AvgIpc) is 3.15. The van der Waals surface area contributed by atoms with E-state index in [1.54, 1.807) is 0 Å². The van der Waals surface area contributed by atoms with Crippen LogP contribution in [0.4, 0.5) is 28.4 Å². The first kappa shape index (κ1) is 28.4. The van der Waals surface area contributed by atoms with Gasteiger partial charge in [0.05, 0.1) is 0 Å². The molecule has 0 atom stereocenters. The largest absolute Gasteiger partial charge is 0.345 e. The molecule has 0 amide bonds. The van der Waals surface area contributed by atoms with Crippen molar-refractivity contribution in [3.63, 3.8) is 0 Å². The molecule has 0 aliphatic rings. The van der Waals surface area contributed by atoms with E-state index in [0.29, 0.717) is 0 Å². The lowest BCUT2D eigenvalue weighted by Crippen LogP contribution is -2.12. The molecule has 2 heteroatoms. The Balaban J connectivity index is 1.17. The maximum Gasteiger partial charge on any atom is 0.0467 e. The highest BCUT2D eigenvalue weighted by atomic mass is 15.1. The molecule has 0 spiro atoms. The Morgan fingerprint density at radius 2 is 0.723 bits per heavy atom. The van der Waals surface area contributed by atoms with E-state index in [1.165, 1.54) is 43.8 Å². The molecule has 0 radical (unpaired) electrons. The van der Waals surface area contributed by atoms with Gasteiger partial charge in [-0.2, -0.15) is 0 Å². The fourth-order valence-corrected chi connectivity index (χ4v) is 6.47. The standard InChI is InChI=1S/C45H34N2/c1-46(43-23-22-39-28-35-16-8-9-17-36(35)29-40(39)32-43)41-24-26-42(27-25-41)47(44-20-10-18-37(30-44)33-12-4-2-5-13-33)45-21-11-19-38(31-45)34-14-6-3-7-15-34/h2-32H,1H3. The molecule has 0 aliphatic heterocycles. The Kier molecular flexibility index (Phi) is 7.45. The van der Waals surface area contributed by atoms with Gasteiger partial charge in [0, 0.05) is 35.5 Å². The molecule has 8 aromatic carbocycles.